The summed E-state index contributed by atoms with van der Waals surface area (Å²) >= 11 is 0. The Hall–Kier alpha value is -1.14. The number of hydrogen-bond acceptors (Lipinski definition) is 4. The Kier molecular flexibility index (Phi) is 5.45. The van der Waals surface area contributed by atoms with Crippen molar-refractivity contribution in [1.29, 1.82) is 0 Å². The minimum Gasteiger partial charge on any atom is -0.353 e. The summed E-state index contributed by atoms with van der Waals surface area (Å²) in [7, 11) is 3.99. The van der Waals surface area contributed by atoms with Crippen LogP contribution in [0.3, 0.4) is 0 Å². The number of rotatable bonds is 5. The number of likely N-dealkylation sites (N-methyl/N-ethyl adjacent to an activating group) is 1. The van der Waals surface area contributed by atoms with Crippen molar-refractivity contribution >= 4 is 11.8 Å². The van der Waals surface area contributed by atoms with Gasteiger partial charge in [-0.25, -0.2) is 0 Å². The molecule has 2 bridgehead atoms. The Balaban J connectivity index is 1.55. The van der Waals surface area contributed by atoms with Crippen LogP contribution < -0.4 is 11.1 Å². The molecular weight excluding hydrogens is 304 g/mol. The summed E-state index contributed by atoms with van der Waals surface area (Å²) in [6.07, 6.45) is 6.02. The second-order valence-corrected chi connectivity index (χ2v) is 8.26. The van der Waals surface area contributed by atoms with Gasteiger partial charge in [-0.05, 0) is 51.6 Å². The topological polar surface area (TPSA) is 78.7 Å². The minimum absolute atomic E-state index is 0.0769. The van der Waals surface area contributed by atoms with E-state index in [9.17, 15) is 9.59 Å². The molecule has 6 nitrogen and oxygen atoms in total. The van der Waals surface area contributed by atoms with E-state index in [4.69, 9.17) is 5.73 Å². The van der Waals surface area contributed by atoms with Gasteiger partial charge >= 0.3 is 0 Å². The van der Waals surface area contributed by atoms with Gasteiger partial charge in [-0.1, -0.05) is 6.42 Å². The molecule has 0 aromatic carbocycles. The highest BCUT2D eigenvalue weighted by molar-refractivity contribution is 5.89. The molecule has 0 spiro atoms. The highest BCUT2D eigenvalue weighted by Crippen LogP contribution is 2.39. The number of fused-ring (bicyclic) bond motifs is 2. The number of likely N-dealkylation sites (tertiary alicyclic amines) is 1. The van der Waals surface area contributed by atoms with E-state index in [0.717, 1.165) is 19.4 Å². The predicted octanol–water partition coefficient (Wildman–Crippen LogP) is 0.419. The minimum atomic E-state index is -0.184. The van der Waals surface area contributed by atoms with Gasteiger partial charge in [0.25, 0.3) is 0 Å². The first kappa shape index (κ1) is 17.7. The molecule has 3 fully saturated rings. The molecule has 0 aromatic rings. The second-order valence-electron chi connectivity index (χ2n) is 8.26. The number of nitrogens with one attached hydrogen (secondary N) is 1. The van der Waals surface area contributed by atoms with Gasteiger partial charge in [0, 0.05) is 38.1 Å². The van der Waals surface area contributed by atoms with Crippen LogP contribution in [0.5, 0.6) is 0 Å². The van der Waals surface area contributed by atoms with Crippen LogP contribution in [-0.2, 0) is 9.59 Å². The average molecular weight is 336 g/mol. The van der Waals surface area contributed by atoms with Gasteiger partial charge in [-0.2, -0.15) is 0 Å². The van der Waals surface area contributed by atoms with Crippen LogP contribution >= 0.6 is 0 Å². The Morgan fingerprint density at radius 3 is 2.58 bits per heavy atom. The first-order chi connectivity index (χ1) is 11.4. The third-order valence-corrected chi connectivity index (χ3v) is 6.09. The van der Waals surface area contributed by atoms with E-state index < -0.39 is 0 Å². The lowest BCUT2D eigenvalue weighted by Gasteiger charge is -2.45. The van der Waals surface area contributed by atoms with Crippen LogP contribution in [0.2, 0.25) is 0 Å². The molecule has 1 aliphatic heterocycles. The Labute approximate surface area is 145 Å². The maximum absolute atomic E-state index is 12.7. The quantitative estimate of drug-likeness (QED) is 0.763. The molecule has 136 valence electrons. The molecule has 3 N–H and O–H groups in total. The van der Waals surface area contributed by atoms with Gasteiger partial charge in [-0.3, -0.25) is 9.59 Å². The van der Waals surface area contributed by atoms with Crippen molar-refractivity contribution < 1.29 is 9.59 Å². The molecule has 2 saturated carbocycles. The summed E-state index contributed by atoms with van der Waals surface area (Å²) in [6, 6.07) is 0.569. The molecule has 3 aliphatic rings. The van der Waals surface area contributed by atoms with Crippen molar-refractivity contribution in [2.24, 2.45) is 23.5 Å². The summed E-state index contributed by atoms with van der Waals surface area (Å²) < 4.78 is 0. The lowest BCUT2D eigenvalue weighted by Crippen LogP contribution is -2.54. The van der Waals surface area contributed by atoms with Crippen molar-refractivity contribution in [3.8, 4) is 0 Å². The molecule has 3 atom stereocenters. The third-order valence-electron chi connectivity index (χ3n) is 6.09. The van der Waals surface area contributed by atoms with Crippen LogP contribution in [0.4, 0.5) is 0 Å². The summed E-state index contributed by atoms with van der Waals surface area (Å²) in [5, 5.41) is 3.31. The molecule has 0 aromatic heterocycles. The zero-order valence-electron chi connectivity index (χ0n) is 15.0. The standard InChI is InChI=1S/C18H32N4O2/c1-21(2)6-7-22-11-14(10-16(22)23)18(24)20-17-12-4-3-5-13(17)9-15(19)8-12/h12-15,17H,3-11,19H2,1-2H3,(H,20,24). The van der Waals surface area contributed by atoms with Gasteiger partial charge in [-0.15, -0.1) is 0 Å². The Bertz CT molecular complexity index is 468. The Morgan fingerprint density at radius 2 is 1.96 bits per heavy atom. The molecule has 1 saturated heterocycles. The zero-order chi connectivity index (χ0) is 17.3. The van der Waals surface area contributed by atoms with Crippen LogP contribution in [-0.4, -0.2) is 67.4 Å². The SMILES string of the molecule is CN(C)CCN1CC(C(=O)NC2C3CCCC2CC(N)C3)CC1=O. The lowest BCUT2D eigenvalue weighted by molar-refractivity contribution is -0.129. The van der Waals surface area contributed by atoms with Crippen molar-refractivity contribution in [3.63, 3.8) is 0 Å². The predicted molar refractivity (Wildman–Crippen MR) is 93.2 cm³/mol. The van der Waals surface area contributed by atoms with Crippen molar-refractivity contribution in [2.45, 2.75) is 50.6 Å². The van der Waals surface area contributed by atoms with Crippen molar-refractivity contribution in [3.05, 3.63) is 0 Å². The van der Waals surface area contributed by atoms with Crippen LogP contribution in [0, 0.1) is 17.8 Å². The van der Waals surface area contributed by atoms with Crippen LogP contribution in [0.15, 0.2) is 0 Å². The van der Waals surface area contributed by atoms with Crippen LogP contribution in [0.1, 0.15) is 38.5 Å². The van der Waals surface area contributed by atoms with E-state index in [1.54, 1.807) is 0 Å². The van der Waals surface area contributed by atoms with Crippen molar-refractivity contribution in [2.75, 3.05) is 33.7 Å². The number of nitrogens with two attached hydrogens (primary N) is 1. The molecular formula is C18H32N4O2. The van der Waals surface area contributed by atoms with E-state index >= 15 is 0 Å². The number of carbonyl (C=O) groups excluding carboxylic acids is 2. The maximum atomic E-state index is 12.7. The third kappa shape index (κ3) is 3.91. The summed E-state index contributed by atoms with van der Waals surface area (Å²) in [5.41, 5.74) is 6.17. The molecule has 2 amide bonds. The first-order valence-electron chi connectivity index (χ1n) is 9.42. The molecule has 3 unspecified atom stereocenters. The van der Waals surface area contributed by atoms with Gasteiger partial charge in [0.15, 0.2) is 0 Å². The van der Waals surface area contributed by atoms with E-state index in [0.29, 0.717) is 37.4 Å². The highest BCUT2D eigenvalue weighted by atomic mass is 16.2. The zero-order valence-corrected chi connectivity index (χ0v) is 15.0. The fraction of sp³-hybridized carbons (Fsp3) is 0.889. The fourth-order valence-electron chi connectivity index (χ4n) is 4.79. The van der Waals surface area contributed by atoms with Crippen LogP contribution in [0.25, 0.3) is 0 Å². The number of nitrogens with zero attached hydrogens (tertiary/aromatic N) is 2. The van der Waals surface area contributed by atoms with E-state index in [1.165, 1.54) is 19.3 Å². The number of hydrogen-bond donors (Lipinski definition) is 2. The largest absolute Gasteiger partial charge is 0.353 e. The molecule has 0 radical (unpaired) electrons. The molecule has 24 heavy (non-hydrogen) atoms. The maximum Gasteiger partial charge on any atom is 0.225 e. The second kappa shape index (κ2) is 7.40. The molecule has 6 heteroatoms. The number of carbonyl (C=O) groups is 2. The summed E-state index contributed by atoms with van der Waals surface area (Å²) in [5.74, 6) is 1.06. The van der Waals surface area contributed by atoms with Gasteiger partial charge in [0.2, 0.25) is 11.8 Å². The molecule has 1 heterocycles. The van der Waals surface area contributed by atoms with Crippen molar-refractivity contribution in [1.82, 2.24) is 15.1 Å². The highest BCUT2D eigenvalue weighted by Gasteiger charge is 2.42. The number of amides is 2. The van der Waals surface area contributed by atoms with E-state index in [2.05, 4.69) is 10.2 Å². The van der Waals surface area contributed by atoms with Gasteiger partial charge in [0.05, 0.1) is 5.92 Å². The normalized spacial score (nSPS) is 36.2. The monoisotopic (exact) mass is 336 g/mol. The summed E-state index contributed by atoms with van der Waals surface area (Å²) in [4.78, 5) is 28.8. The fourth-order valence-corrected chi connectivity index (χ4v) is 4.79. The smallest absolute Gasteiger partial charge is 0.225 e. The lowest BCUT2D eigenvalue weighted by atomic mass is 9.67. The molecule has 3 rings (SSSR count). The van der Waals surface area contributed by atoms with Gasteiger partial charge in [0.1, 0.15) is 0 Å². The van der Waals surface area contributed by atoms with E-state index in [1.807, 2.05) is 19.0 Å². The average Bonchev–Trinajstić information content (AvgIpc) is 2.87. The van der Waals surface area contributed by atoms with Gasteiger partial charge < -0.3 is 20.9 Å². The Morgan fingerprint density at radius 1 is 1.29 bits per heavy atom. The first-order valence-corrected chi connectivity index (χ1v) is 9.42. The molecule has 2 aliphatic carbocycles. The summed E-state index contributed by atoms with van der Waals surface area (Å²) in [6.45, 7) is 2.12. The van der Waals surface area contributed by atoms with E-state index in [-0.39, 0.29) is 23.8 Å².